The van der Waals surface area contributed by atoms with Crippen molar-refractivity contribution < 1.29 is 17.9 Å². The van der Waals surface area contributed by atoms with Gasteiger partial charge in [-0.2, -0.15) is 15.5 Å². The third kappa shape index (κ3) is 3.16. The summed E-state index contributed by atoms with van der Waals surface area (Å²) in [5.41, 5.74) is 4.85. The summed E-state index contributed by atoms with van der Waals surface area (Å²) in [7, 11) is 0. The third-order valence-corrected chi connectivity index (χ3v) is 2.90. The Kier molecular flexibility index (Phi) is 4.67. The van der Waals surface area contributed by atoms with Crippen molar-refractivity contribution in [3.63, 3.8) is 0 Å². The minimum absolute atomic E-state index is 0.0726. The molecule has 2 rings (SSSR count). The van der Waals surface area contributed by atoms with Crippen molar-refractivity contribution in [3.05, 3.63) is 41.2 Å². The Morgan fingerprint density at radius 1 is 1.17 bits per heavy atom. The summed E-state index contributed by atoms with van der Waals surface area (Å²) in [6.45, 7) is -1.01. The first kappa shape index (κ1) is 16.1. The van der Waals surface area contributed by atoms with Crippen molar-refractivity contribution in [1.82, 2.24) is 4.98 Å². The van der Waals surface area contributed by atoms with Gasteiger partial charge in [-0.3, -0.25) is 0 Å². The summed E-state index contributed by atoms with van der Waals surface area (Å²) in [6.07, 6.45) is -2.79. The Labute approximate surface area is 129 Å². The van der Waals surface area contributed by atoms with Crippen LogP contribution in [0.3, 0.4) is 0 Å². The summed E-state index contributed by atoms with van der Waals surface area (Å²) in [4.78, 5) is 3.66. The van der Waals surface area contributed by atoms with Crippen LogP contribution >= 0.6 is 0 Å². The summed E-state index contributed by atoms with van der Waals surface area (Å²) >= 11 is 0. The number of ether oxygens (including phenoxy) is 1. The molecular formula is C15H9F3N4O. The smallest absolute Gasteiger partial charge is 0.272 e. The van der Waals surface area contributed by atoms with Gasteiger partial charge in [-0.15, -0.1) is 0 Å². The van der Waals surface area contributed by atoms with Crippen molar-refractivity contribution >= 4 is 5.82 Å². The Hall–Kier alpha value is -3.26. The zero-order valence-electron chi connectivity index (χ0n) is 11.6. The van der Waals surface area contributed by atoms with E-state index in [1.165, 1.54) is 18.2 Å². The van der Waals surface area contributed by atoms with Crippen LogP contribution in [0.1, 0.15) is 11.1 Å². The maximum Gasteiger partial charge on any atom is 0.272 e. The largest absolute Gasteiger partial charge is 0.471 e. The highest BCUT2D eigenvalue weighted by Gasteiger charge is 2.23. The molecule has 0 spiro atoms. The number of nitriles is 2. The monoisotopic (exact) mass is 318 g/mol. The number of nitrogen functional groups attached to an aromatic ring is 1. The van der Waals surface area contributed by atoms with Gasteiger partial charge in [0, 0.05) is 11.1 Å². The van der Waals surface area contributed by atoms with Crippen LogP contribution in [0, 0.1) is 28.5 Å². The minimum atomic E-state index is -2.79. The van der Waals surface area contributed by atoms with Gasteiger partial charge in [0.25, 0.3) is 6.43 Å². The molecule has 2 N–H and O–H groups in total. The molecule has 0 aliphatic heterocycles. The highest BCUT2D eigenvalue weighted by molar-refractivity contribution is 5.82. The lowest BCUT2D eigenvalue weighted by molar-refractivity contribution is 0.0795. The number of nitrogens with zero attached hydrogens (tertiary/aromatic N) is 3. The molecule has 116 valence electrons. The van der Waals surface area contributed by atoms with Crippen molar-refractivity contribution in [2.24, 2.45) is 0 Å². The second-order valence-electron chi connectivity index (χ2n) is 4.33. The highest BCUT2D eigenvalue weighted by atomic mass is 19.3. The molecule has 23 heavy (non-hydrogen) atoms. The van der Waals surface area contributed by atoms with E-state index in [0.29, 0.717) is 0 Å². The fourth-order valence-electron chi connectivity index (χ4n) is 1.98. The van der Waals surface area contributed by atoms with Gasteiger partial charge in [-0.1, -0.05) is 18.2 Å². The number of hydrogen-bond acceptors (Lipinski definition) is 5. The van der Waals surface area contributed by atoms with E-state index in [1.807, 2.05) is 0 Å². The standard InChI is InChI=1S/C15H9F3N4O/c16-11-4-2-1-3-8(11)13-9(5-19)14(21)22-15(10(13)6-20)23-7-12(17)18/h1-4,12H,7H2,(H2,21,22). The van der Waals surface area contributed by atoms with Crippen molar-refractivity contribution in [3.8, 4) is 29.1 Å². The first-order valence-electron chi connectivity index (χ1n) is 6.29. The van der Waals surface area contributed by atoms with Gasteiger partial charge in [-0.25, -0.2) is 13.2 Å². The van der Waals surface area contributed by atoms with Gasteiger partial charge >= 0.3 is 0 Å². The number of nitrogens with two attached hydrogens (primary N) is 1. The van der Waals surface area contributed by atoms with E-state index in [2.05, 4.69) is 4.98 Å². The van der Waals surface area contributed by atoms with Crippen molar-refractivity contribution in [2.75, 3.05) is 12.3 Å². The van der Waals surface area contributed by atoms with E-state index in [4.69, 9.17) is 10.5 Å². The Bertz CT molecular complexity index is 825. The Morgan fingerprint density at radius 3 is 2.39 bits per heavy atom. The fourth-order valence-corrected chi connectivity index (χ4v) is 1.98. The summed E-state index contributed by atoms with van der Waals surface area (Å²) in [5.74, 6) is -1.51. The summed E-state index contributed by atoms with van der Waals surface area (Å²) in [6, 6.07) is 8.85. The van der Waals surface area contributed by atoms with Gasteiger partial charge in [-0.05, 0) is 6.07 Å². The van der Waals surface area contributed by atoms with E-state index in [0.717, 1.165) is 6.07 Å². The molecule has 1 heterocycles. The molecule has 5 nitrogen and oxygen atoms in total. The SMILES string of the molecule is N#Cc1c(N)nc(OCC(F)F)c(C#N)c1-c1ccccc1F. The third-order valence-electron chi connectivity index (χ3n) is 2.90. The van der Waals surface area contributed by atoms with E-state index in [-0.39, 0.29) is 28.1 Å². The lowest BCUT2D eigenvalue weighted by atomic mass is 9.96. The second kappa shape index (κ2) is 6.67. The molecule has 2 aromatic rings. The molecule has 0 saturated heterocycles. The van der Waals surface area contributed by atoms with E-state index in [1.54, 1.807) is 12.1 Å². The normalized spacial score (nSPS) is 10.2. The zero-order chi connectivity index (χ0) is 17.0. The van der Waals surface area contributed by atoms with Gasteiger partial charge < -0.3 is 10.5 Å². The molecule has 0 radical (unpaired) electrons. The lowest BCUT2D eigenvalue weighted by Crippen LogP contribution is -2.12. The number of alkyl halides is 2. The first-order chi connectivity index (χ1) is 11.0. The fraction of sp³-hybridized carbons (Fsp3) is 0.133. The number of aromatic nitrogens is 1. The molecule has 0 fully saturated rings. The number of anilines is 1. The van der Waals surface area contributed by atoms with Crippen LogP contribution < -0.4 is 10.5 Å². The molecule has 0 atom stereocenters. The second-order valence-corrected chi connectivity index (χ2v) is 4.33. The molecule has 0 aliphatic carbocycles. The molecule has 1 aromatic carbocycles. The van der Waals surface area contributed by atoms with Gasteiger partial charge in [0.1, 0.15) is 34.9 Å². The summed E-state index contributed by atoms with van der Waals surface area (Å²) in [5, 5.41) is 18.5. The zero-order valence-corrected chi connectivity index (χ0v) is 11.6. The van der Waals surface area contributed by atoms with Gasteiger partial charge in [0.05, 0.1) is 0 Å². The lowest BCUT2D eigenvalue weighted by Gasteiger charge is -2.14. The van der Waals surface area contributed by atoms with E-state index >= 15 is 0 Å². The number of halogens is 3. The van der Waals surface area contributed by atoms with E-state index in [9.17, 15) is 23.7 Å². The summed E-state index contributed by atoms with van der Waals surface area (Å²) < 4.78 is 43.4. The van der Waals surface area contributed by atoms with Crippen LogP contribution in [0.2, 0.25) is 0 Å². The predicted molar refractivity (Wildman–Crippen MR) is 75.0 cm³/mol. The molecule has 0 saturated carbocycles. The molecular weight excluding hydrogens is 309 g/mol. The predicted octanol–water partition coefficient (Wildman–Crippen LogP) is 2.86. The topological polar surface area (TPSA) is 95.7 Å². The van der Waals surface area contributed by atoms with Crippen LogP contribution in [0.4, 0.5) is 19.0 Å². The molecule has 0 amide bonds. The molecule has 0 unspecified atom stereocenters. The Balaban J connectivity index is 2.75. The minimum Gasteiger partial charge on any atom is -0.471 e. The number of hydrogen-bond donors (Lipinski definition) is 1. The highest BCUT2D eigenvalue weighted by Crippen LogP contribution is 2.36. The molecule has 0 bridgehead atoms. The van der Waals surface area contributed by atoms with Crippen molar-refractivity contribution in [2.45, 2.75) is 6.43 Å². The first-order valence-corrected chi connectivity index (χ1v) is 6.29. The van der Waals surface area contributed by atoms with Gasteiger partial charge in [0.2, 0.25) is 5.88 Å². The molecule has 1 aromatic heterocycles. The van der Waals surface area contributed by atoms with Crippen LogP contribution in [0.25, 0.3) is 11.1 Å². The average Bonchev–Trinajstić information content (AvgIpc) is 2.52. The average molecular weight is 318 g/mol. The molecule has 0 aliphatic rings. The van der Waals surface area contributed by atoms with Crippen LogP contribution in [0.5, 0.6) is 5.88 Å². The number of benzene rings is 1. The molecule has 8 heteroatoms. The Morgan fingerprint density at radius 2 is 1.83 bits per heavy atom. The van der Waals surface area contributed by atoms with Crippen LogP contribution in [-0.4, -0.2) is 18.0 Å². The maximum atomic E-state index is 14.0. The number of rotatable bonds is 4. The van der Waals surface area contributed by atoms with Crippen LogP contribution in [-0.2, 0) is 0 Å². The quantitative estimate of drug-likeness (QED) is 0.935. The maximum absolute atomic E-state index is 14.0. The van der Waals surface area contributed by atoms with Gasteiger partial charge in [0.15, 0.2) is 6.61 Å². The number of pyridine rings is 1. The van der Waals surface area contributed by atoms with Crippen LogP contribution in [0.15, 0.2) is 24.3 Å². The van der Waals surface area contributed by atoms with Crippen molar-refractivity contribution in [1.29, 1.82) is 10.5 Å². The van der Waals surface area contributed by atoms with E-state index < -0.39 is 24.7 Å².